The normalized spacial score (nSPS) is 14.7. The van der Waals surface area contributed by atoms with Crippen LogP contribution in [-0.4, -0.2) is 0 Å². The molecule has 0 bridgehead atoms. The minimum absolute atomic E-state index is 0.0435. The second-order valence-electron chi connectivity index (χ2n) is 9.81. The van der Waals surface area contributed by atoms with Crippen LogP contribution in [0.15, 0.2) is 48.1 Å². The van der Waals surface area contributed by atoms with Crippen molar-refractivity contribution < 1.29 is 13.2 Å². The Hall–Kier alpha value is -7.67. The standard InChI is InChI=1S/C35H9F3N8/c1-16-27-25(14-45)33(36)30(24(13-44)22-6-19(10-41)3-20(7-22)11-42)32(27)35(38)31-26(15-46)34(37)29(28(16)31)23(12-43)21-4-17(8-39)2-18(5-21)9-40/h2-7H,1H3/b29-23-,30-24-. The summed E-state index contributed by atoms with van der Waals surface area (Å²) in [5.41, 5.74) is -6.34. The molecule has 5 rings (SSSR count). The van der Waals surface area contributed by atoms with Crippen LogP contribution >= 0.6 is 0 Å². The summed E-state index contributed by atoms with van der Waals surface area (Å²) in [5.74, 6) is -3.98. The van der Waals surface area contributed by atoms with Gasteiger partial charge in [-0.05, 0) is 60.0 Å². The minimum atomic E-state index is -1.36. The van der Waals surface area contributed by atoms with Crippen molar-refractivity contribution in [1.29, 1.82) is 42.1 Å². The Kier molecular flexibility index (Phi) is 7.26. The largest absolute Gasteiger partial charge is 0.206 e. The molecule has 8 nitrogen and oxygen atoms in total. The molecule has 3 aromatic carbocycles. The molecule has 0 saturated heterocycles. The SMILES string of the molecule is Cc1c2c(c(F)c3c1/C(=C(\C#N)c1cc(C#N)cc(C#N)c1)C(F)=C3C#N)/C(=C(\C#N)c1cc(C#N)cc(C#N)c1)C(F)=C2C#N. The summed E-state index contributed by atoms with van der Waals surface area (Å²) in [5, 5.41) is 77.9. The number of fused-ring (bicyclic) bond motifs is 2. The lowest BCUT2D eigenvalue weighted by molar-refractivity contribution is 0.617. The fourth-order valence-corrected chi connectivity index (χ4v) is 5.64. The summed E-state index contributed by atoms with van der Waals surface area (Å²) in [4.78, 5) is 0. The summed E-state index contributed by atoms with van der Waals surface area (Å²) in [6.45, 7) is 1.30. The molecule has 0 unspecified atom stereocenters. The van der Waals surface area contributed by atoms with Crippen molar-refractivity contribution in [2.45, 2.75) is 6.92 Å². The maximum atomic E-state index is 16.8. The van der Waals surface area contributed by atoms with E-state index in [-0.39, 0.29) is 50.1 Å². The highest BCUT2D eigenvalue weighted by atomic mass is 19.1. The van der Waals surface area contributed by atoms with E-state index in [9.17, 15) is 42.1 Å². The van der Waals surface area contributed by atoms with Gasteiger partial charge in [0.05, 0.1) is 68.8 Å². The molecule has 0 N–H and O–H groups in total. The smallest absolute Gasteiger partial charge is 0.150 e. The van der Waals surface area contributed by atoms with E-state index in [0.29, 0.717) is 0 Å². The van der Waals surface area contributed by atoms with Gasteiger partial charge in [0.2, 0.25) is 0 Å². The Bertz CT molecular complexity index is 2250. The van der Waals surface area contributed by atoms with E-state index in [4.69, 9.17) is 0 Å². The van der Waals surface area contributed by atoms with Crippen molar-refractivity contribution in [2.24, 2.45) is 0 Å². The first-order valence-corrected chi connectivity index (χ1v) is 12.8. The summed E-state index contributed by atoms with van der Waals surface area (Å²) < 4.78 is 49.1. The van der Waals surface area contributed by atoms with Gasteiger partial charge in [-0.15, -0.1) is 0 Å². The molecule has 46 heavy (non-hydrogen) atoms. The van der Waals surface area contributed by atoms with Crippen LogP contribution in [0.5, 0.6) is 0 Å². The monoisotopic (exact) mass is 598 g/mol. The predicted molar refractivity (Wildman–Crippen MR) is 155 cm³/mol. The summed E-state index contributed by atoms with van der Waals surface area (Å²) >= 11 is 0. The number of nitriles is 8. The third kappa shape index (κ3) is 4.17. The first-order chi connectivity index (χ1) is 22.1. The van der Waals surface area contributed by atoms with Gasteiger partial charge >= 0.3 is 0 Å². The number of rotatable bonds is 2. The molecule has 0 spiro atoms. The molecular weight excluding hydrogens is 589 g/mol. The van der Waals surface area contributed by atoms with E-state index in [1.54, 1.807) is 24.3 Å². The highest BCUT2D eigenvalue weighted by molar-refractivity contribution is 6.19. The number of hydrogen-bond acceptors (Lipinski definition) is 8. The van der Waals surface area contributed by atoms with Crippen LogP contribution in [0.2, 0.25) is 0 Å². The Morgan fingerprint density at radius 3 is 1.20 bits per heavy atom. The van der Waals surface area contributed by atoms with Gasteiger partial charge in [-0.1, -0.05) is 0 Å². The maximum Gasteiger partial charge on any atom is 0.150 e. The Morgan fingerprint density at radius 1 is 0.478 bits per heavy atom. The van der Waals surface area contributed by atoms with Crippen LogP contribution in [0.1, 0.15) is 61.2 Å². The molecule has 210 valence electrons. The average molecular weight is 599 g/mol. The van der Waals surface area contributed by atoms with Crippen molar-refractivity contribution >= 4 is 33.4 Å². The number of halogens is 3. The number of allylic oxidation sites excluding steroid dienone is 8. The zero-order valence-electron chi connectivity index (χ0n) is 23.2. The molecule has 2 aliphatic carbocycles. The molecule has 11 heteroatoms. The van der Waals surface area contributed by atoms with Gasteiger partial charge in [-0.25, -0.2) is 13.2 Å². The Labute approximate surface area is 259 Å². The third-order valence-corrected chi connectivity index (χ3v) is 7.47. The van der Waals surface area contributed by atoms with Crippen LogP contribution in [-0.2, 0) is 0 Å². The highest BCUT2D eigenvalue weighted by Gasteiger charge is 2.43. The lowest BCUT2D eigenvalue weighted by Crippen LogP contribution is -2.04. The lowest BCUT2D eigenvalue weighted by atomic mass is 9.85. The molecule has 0 aromatic heterocycles. The van der Waals surface area contributed by atoms with Crippen LogP contribution in [0, 0.1) is 103 Å². The first-order valence-electron chi connectivity index (χ1n) is 12.8. The lowest BCUT2D eigenvalue weighted by Gasteiger charge is -2.17. The number of benzene rings is 3. The van der Waals surface area contributed by atoms with Gasteiger partial charge in [0.1, 0.15) is 30.1 Å². The zero-order chi connectivity index (χ0) is 33.4. The molecule has 0 saturated carbocycles. The summed E-state index contributed by atoms with van der Waals surface area (Å²) in [7, 11) is 0. The van der Waals surface area contributed by atoms with Crippen molar-refractivity contribution in [1.82, 2.24) is 0 Å². The molecule has 0 atom stereocenters. The molecule has 0 fully saturated rings. The average Bonchev–Trinajstić information content (AvgIpc) is 3.54. The van der Waals surface area contributed by atoms with E-state index >= 15 is 13.2 Å². The van der Waals surface area contributed by atoms with E-state index < -0.39 is 62.0 Å². The van der Waals surface area contributed by atoms with Crippen LogP contribution in [0.3, 0.4) is 0 Å². The first kappa shape index (κ1) is 29.8. The Morgan fingerprint density at radius 2 is 0.848 bits per heavy atom. The van der Waals surface area contributed by atoms with Gasteiger partial charge in [0.15, 0.2) is 11.7 Å². The zero-order valence-corrected chi connectivity index (χ0v) is 23.2. The van der Waals surface area contributed by atoms with Gasteiger partial charge in [0.25, 0.3) is 0 Å². The second kappa shape index (κ2) is 11.2. The molecule has 0 aliphatic heterocycles. The molecule has 0 radical (unpaired) electrons. The van der Waals surface area contributed by atoms with E-state index in [1.165, 1.54) is 43.3 Å². The van der Waals surface area contributed by atoms with Crippen molar-refractivity contribution in [3.8, 4) is 48.6 Å². The van der Waals surface area contributed by atoms with E-state index in [1.807, 2.05) is 24.3 Å². The van der Waals surface area contributed by atoms with Gasteiger partial charge in [-0.3, -0.25) is 0 Å². The molecule has 2 aliphatic rings. The topological polar surface area (TPSA) is 190 Å². The molecular formula is C35H9F3N8. The highest BCUT2D eigenvalue weighted by Crippen LogP contribution is 2.55. The van der Waals surface area contributed by atoms with E-state index in [0.717, 1.165) is 0 Å². The van der Waals surface area contributed by atoms with Crippen molar-refractivity contribution in [3.63, 3.8) is 0 Å². The molecule has 0 heterocycles. The molecule has 0 amide bonds. The van der Waals surface area contributed by atoms with E-state index in [2.05, 4.69) is 0 Å². The van der Waals surface area contributed by atoms with Crippen LogP contribution < -0.4 is 0 Å². The summed E-state index contributed by atoms with van der Waals surface area (Å²) in [6.07, 6.45) is 0. The number of nitrogens with zero attached hydrogens (tertiary/aromatic N) is 8. The minimum Gasteiger partial charge on any atom is -0.206 e. The van der Waals surface area contributed by atoms with Gasteiger partial charge < -0.3 is 0 Å². The third-order valence-electron chi connectivity index (χ3n) is 7.47. The van der Waals surface area contributed by atoms with Gasteiger partial charge in [-0.2, -0.15) is 42.1 Å². The maximum absolute atomic E-state index is 16.8. The fraction of sp³-hybridized carbons (Fsp3) is 0.0286. The fourth-order valence-electron chi connectivity index (χ4n) is 5.64. The van der Waals surface area contributed by atoms with Crippen LogP contribution in [0.4, 0.5) is 13.2 Å². The van der Waals surface area contributed by atoms with Crippen LogP contribution in [0.25, 0.3) is 33.4 Å². The number of hydrogen-bond donors (Lipinski definition) is 0. The summed E-state index contributed by atoms with van der Waals surface area (Å²) in [6, 6.07) is 21.3. The quantitative estimate of drug-likeness (QED) is 0.284. The second-order valence-corrected chi connectivity index (χ2v) is 9.81. The predicted octanol–water partition coefficient (Wildman–Crippen LogP) is 6.93. The Balaban J connectivity index is 1.97. The molecule has 3 aromatic rings. The van der Waals surface area contributed by atoms with Crippen molar-refractivity contribution in [3.05, 3.63) is 115 Å². The van der Waals surface area contributed by atoms with Crippen molar-refractivity contribution in [2.75, 3.05) is 0 Å². The van der Waals surface area contributed by atoms with Gasteiger partial charge in [0, 0.05) is 33.4 Å².